The van der Waals surface area contributed by atoms with Crippen molar-refractivity contribution in [2.45, 2.75) is 26.4 Å². The largest absolute Gasteiger partial charge is 0.514 e. The minimum atomic E-state index is -3.12. The molecule has 0 aromatic heterocycles. The van der Waals surface area contributed by atoms with Gasteiger partial charge in [0, 0.05) is 21.5 Å². The van der Waals surface area contributed by atoms with Gasteiger partial charge < -0.3 is 8.85 Å². The molecule has 0 amide bonds. The molecule has 0 aliphatic rings. The van der Waals surface area contributed by atoms with Crippen LogP contribution in [0.15, 0.2) is 115 Å². The number of carbonyl (C=O) groups is 1. The lowest BCUT2D eigenvalue weighted by Crippen LogP contribution is -2.68. The summed E-state index contributed by atoms with van der Waals surface area (Å²) < 4.78 is 13.6. The highest BCUT2D eigenvalue weighted by Crippen LogP contribution is 2.24. The van der Waals surface area contributed by atoms with Crippen molar-refractivity contribution < 1.29 is 13.6 Å². The molecule has 0 bridgehead atoms. The molecule has 166 valence electrons. The molecule has 4 aromatic rings. The van der Waals surface area contributed by atoms with Gasteiger partial charge in [-0.2, -0.15) is 0 Å². The minimum absolute atomic E-state index is 0.0114. The van der Waals surface area contributed by atoms with Gasteiger partial charge >= 0.3 is 8.56 Å². The highest BCUT2D eigenvalue weighted by molar-refractivity contribution is 6.93. The molecule has 3 nitrogen and oxygen atoms in total. The summed E-state index contributed by atoms with van der Waals surface area (Å²) in [6, 6.07) is 36.9. The average Bonchev–Trinajstić information content (AvgIpc) is 2.84. The van der Waals surface area contributed by atoms with E-state index < -0.39 is 14.2 Å². The van der Waals surface area contributed by atoms with Crippen molar-refractivity contribution in [1.29, 1.82) is 0 Å². The van der Waals surface area contributed by atoms with Crippen LogP contribution in [0.2, 0.25) is 0 Å². The van der Waals surface area contributed by atoms with Gasteiger partial charge in [-0.25, -0.2) is 0 Å². The molecule has 0 radical (unpaired) electrons. The molecule has 0 saturated heterocycles. The number of hydrogen-bond acceptors (Lipinski definition) is 3. The van der Waals surface area contributed by atoms with E-state index in [2.05, 4.69) is 24.3 Å². The normalized spacial score (nSPS) is 11.7. The summed E-state index contributed by atoms with van der Waals surface area (Å²) in [6.45, 7) is 6.14. The van der Waals surface area contributed by atoms with Gasteiger partial charge in [-0.05, 0) is 45.0 Å². The van der Waals surface area contributed by atoms with Crippen molar-refractivity contribution in [2.75, 3.05) is 0 Å². The summed E-state index contributed by atoms with van der Waals surface area (Å²) in [6.07, 6.45) is 0. The summed E-state index contributed by atoms with van der Waals surface area (Å²) in [4.78, 5) is 12.8. The first-order chi connectivity index (χ1) is 15.9. The van der Waals surface area contributed by atoms with E-state index in [1.54, 1.807) is 0 Å². The third kappa shape index (κ3) is 5.30. The number of hydrogen-bond donors (Lipinski definition) is 0. The van der Waals surface area contributed by atoms with Gasteiger partial charge in [-0.3, -0.25) is 4.79 Å². The second-order valence-electron chi connectivity index (χ2n) is 8.88. The van der Waals surface area contributed by atoms with E-state index in [1.165, 1.54) is 0 Å². The van der Waals surface area contributed by atoms with Crippen LogP contribution in [0, 0.1) is 0 Å². The van der Waals surface area contributed by atoms with Crippen LogP contribution in [0.1, 0.15) is 36.7 Å². The molecule has 4 heteroatoms. The van der Waals surface area contributed by atoms with Crippen molar-refractivity contribution in [1.82, 2.24) is 0 Å². The summed E-state index contributed by atoms with van der Waals surface area (Å²) >= 11 is 0. The fraction of sp³-hybridized carbons (Fsp3) is 0.138. The van der Waals surface area contributed by atoms with E-state index >= 15 is 0 Å². The van der Waals surface area contributed by atoms with E-state index in [0.717, 1.165) is 10.4 Å². The Morgan fingerprint density at radius 3 is 1.48 bits per heavy atom. The standard InChI is InChI=1S/C29H28O3Si/c1-29(2,3)32-33(26-15-9-5-10-16-26,27-17-11-6-12-18-27)31-25-21-19-24(20-22-25)28(30)23-13-7-4-8-14-23/h4-22H,1-3H3. The molecule has 0 aliphatic carbocycles. The molecule has 0 saturated carbocycles. The van der Waals surface area contributed by atoms with E-state index in [4.69, 9.17) is 8.85 Å². The summed E-state index contributed by atoms with van der Waals surface area (Å²) in [5.41, 5.74) is 0.859. The van der Waals surface area contributed by atoms with Crippen LogP contribution < -0.4 is 14.8 Å². The van der Waals surface area contributed by atoms with Crippen LogP contribution in [0.3, 0.4) is 0 Å². The first-order valence-electron chi connectivity index (χ1n) is 11.1. The van der Waals surface area contributed by atoms with Crippen molar-refractivity contribution in [2.24, 2.45) is 0 Å². The Morgan fingerprint density at radius 2 is 1.03 bits per heavy atom. The molecule has 0 N–H and O–H groups in total. The fourth-order valence-corrected chi connectivity index (χ4v) is 7.21. The van der Waals surface area contributed by atoms with Crippen LogP contribution in [0.25, 0.3) is 0 Å². The first kappa shape index (κ1) is 22.7. The van der Waals surface area contributed by atoms with Gasteiger partial charge in [0.1, 0.15) is 5.75 Å². The number of carbonyl (C=O) groups excluding carboxylic acids is 1. The van der Waals surface area contributed by atoms with Gasteiger partial charge in [0.05, 0.1) is 5.60 Å². The van der Waals surface area contributed by atoms with Gasteiger partial charge in [0.15, 0.2) is 5.78 Å². The lowest BCUT2D eigenvalue weighted by molar-refractivity contribution is 0.101. The van der Waals surface area contributed by atoms with Gasteiger partial charge in [0.2, 0.25) is 0 Å². The van der Waals surface area contributed by atoms with Gasteiger partial charge in [-0.1, -0.05) is 91.0 Å². The lowest BCUT2D eigenvalue weighted by Gasteiger charge is -2.37. The zero-order valence-electron chi connectivity index (χ0n) is 19.2. The quantitative estimate of drug-likeness (QED) is 0.279. The fourth-order valence-electron chi connectivity index (χ4n) is 3.77. The van der Waals surface area contributed by atoms with Crippen LogP contribution in [0.4, 0.5) is 0 Å². The highest BCUT2D eigenvalue weighted by Gasteiger charge is 2.48. The zero-order chi connectivity index (χ0) is 23.3. The third-order valence-electron chi connectivity index (χ3n) is 5.17. The van der Waals surface area contributed by atoms with E-state index in [9.17, 15) is 4.79 Å². The maximum absolute atomic E-state index is 12.8. The molecule has 0 heterocycles. The Balaban J connectivity index is 1.75. The third-order valence-corrected chi connectivity index (χ3v) is 8.78. The summed E-state index contributed by atoms with van der Waals surface area (Å²) in [5, 5.41) is 2.05. The van der Waals surface area contributed by atoms with Crippen LogP contribution in [0.5, 0.6) is 5.75 Å². The average molecular weight is 453 g/mol. The van der Waals surface area contributed by atoms with Crippen LogP contribution in [-0.2, 0) is 4.43 Å². The van der Waals surface area contributed by atoms with Crippen molar-refractivity contribution >= 4 is 24.7 Å². The highest BCUT2D eigenvalue weighted by atomic mass is 28.4. The molecular formula is C29H28O3Si. The molecular weight excluding hydrogens is 424 g/mol. The monoisotopic (exact) mass is 452 g/mol. The molecule has 4 aromatic carbocycles. The molecule has 0 atom stereocenters. The molecule has 0 fully saturated rings. The zero-order valence-corrected chi connectivity index (χ0v) is 20.2. The Kier molecular flexibility index (Phi) is 6.59. The predicted octanol–water partition coefficient (Wildman–Crippen LogP) is 5.37. The Morgan fingerprint density at radius 1 is 0.606 bits per heavy atom. The van der Waals surface area contributed by atoms with Crippen LogP contribution in [-0.4, -0.2) is 19.9 Å². The molecule has 0 spiro atoms. The van der Waals surface area contributed by atoms with Gasteiger partial charge in [-0.15, -0.1) is 0 Å². The Bertz CT molecular complexity index is 1140. The maximum atomic E-state index is 12.8. The Labute approximate surface area is 196 Å². The second-order valence-corrected chi connectivity index (χ2v) is 11.7. The molecule has 4 rings (SSSR count). The van der Waals surface area contributed by atoms with E-state index in [1.807, 2.05) is 112 Å². The molecule has 33 heavy (non-hydrogen) atoms. The number of rotatable bonds is 7. The Hall–Kier alpha value is -3.47. The summed E-state index contributed by atoms with van der Waals surface area (Å²) in [5.74, 6) is 0.658. The van der Waals surface area contributed by atoms with E-state index in [-0.39, 0.29) is 5.78 Å². The number of ketones is 1. The second kappa shape index (κ2) is 9.57. The van der Waals surface area contributed by atoms with Crippen molar-refractivity contribution in [3.63, 3.8) is 0 Å². The van der Waals surface area contributed by atoms with Crippen LogP contribution >= 0.6 is 0 Å². The van der Waals surface area contributed by atoms with Crippen molar-refractivity contribution in [3.8, 4) is 5.75 Å². The van der Waals surface area contributed by atoms with E-state index in [0.29, 0.717) is 16.9 Å². The smallest absolute Gasteiger partial charge is 0.469 e. The molecule has 0 unspecified atom stereocenters. The van der Waals surface area contributed by atoms with Crippen molar-refractivity contribution in [3.05, 3.63) is 126 Å². The predicted molar refractivity (Wildman–Crippen MR) is 136 cm³/mol. The molecule has 0 aliphatic heterocycles. The van der Waals surface area contributed by atoms with Gasteiger partial charge in [0.25, 0.3) is 0 Å². The lowest BCUT2D eigenvalue weighted by atomic mass is 10.0. The topological polar surface area (TPSA) is 35.5 Å². The minimum Gasteiger partial charge on any atom is -0.514 e. The summed E-state index contributed by atoms with van der Waals surface area (Å²) in [7, 11) is -3.12. The SMILES string of the molecule is CC(C)(C)O[Si](Oc1ccc(C(=O)c2ccccc2)cc1)(c1ccccc1)c1ccccc1. The maximum Gasteiger partial charge on any atom is 0.469 e. The number of benzene rings is 4. The first-order valence-corrected chi connectivity index (χ1v) is 12.9.